The summed E-state index contributed by atoms with van der Waals surface area (Å²) in [6.45, 7) is 0.432. The summed E-state index contributed by atoms with van der Waals surface area (Å²) >= 11 is 1.37. The van der Waals surface area contributed by atoms with Gasteiger partial charge in [-0.2, -0.15) is 31.8 Å². The van der Waals surface area contributed by atoms with Crippen molar-refractivity contribution in [2.75, 3.05) is 27.9 Å². The maximum Gasteiger partial charge on any atom is 0.294 e. The summed E-state index contributed by atoms with van der Waals surface area (Å²) in [6, 6.07) is 20.9. The number of nitrogens with zero attached hydrogens (tertiary/aromatic N) is 3. The predicted octanol–water partition coefficient (Wildman–Crippen LogP) is 4.02. The third-order valence-corrected chi connectivity index (χ3v) is 8.58. The Hall–Kier alpha value is -3.76. The van der Waals surface area contributed by atoms with Crippen LogP contribution >= 0.6 is 11.8 Å². The molecule has 4 rings (SSSR count). The molecule has 0 spiro atoms. The van der Waals surface area contributed by atoms with Crippen LogP contribution in [0.2, 0.25) is 0 Å². The van der Waals surface area contributed by atoms with Gasteiger partial charge < -0.3 is 16.4 Å². The topological polar surface area (TPSA) is 197 Å². The van der Waals surface area contributed by atoms with Crippen molar-refractivity contribution in [1.82, 2.24) is 15.0 Å². The number of rotatable bonds is 13. The fraction of sp³-hybridized carbons (Fsp3) is 0.192. The van der Waals surface area contributed by atoms with Gasteiger partial charge in [-0.1, -0.05) is 48.5 Å². The molecule has 12 nitrogen and oxygen atoms in total. The molecule has 0 unspecified atom stereocenters. The highest BCUT2D eigenvalue weighted by molar-refractivity contribution is 7.99. The van der Waals surface area contributed by atoms with Gasteiger partial charge in [0.1, 0.15) is 5.82 Å². The zero-order valence-electron chi connectivity index (χ0n) is 21.6. The molecule has 0 fully saturated rings. The van der Waals surface area contributed by atoms with E-state index < -0.39 is 20.2 Å². The van der Waals surface area contributed by atoms with Crippen LogP contribution in [0.15, 0.2) is 82.6 Å². The molecular weight excluding hydrogens is 589 g/mol. The van der Waals surface area contributed by atoms with Crippen LogP contribution in [0.5, 0.6) is 0 Å². The SMILES string of the molecule is Nc1cc(Nc2nc(Cc3ccccc3S(=O)(=O)O)nc(NCc3ccccc3)n2)ccc1SCCCS(=O)(=O)O. The monoisotopic (exact) mass is 616 g/mol. The van der Waals surface area contributed by atoms with Crippen LogP contribution in [0.1, 0.15) is 23.4 Å². The van der Waals surface area contributed by atoms with Crippen molar-refractivity contribution in [3.05, 3.63) is 89.7 Å². The number of nitrogens with one attached hydrogen (secondary N) is 2. The number of hydrogen-bond acceptors (Lipinski definition) is 11. The summed E-state index contributed by atoms with van der Waals surface area (Å²) in [5, 5.41) is 6.26. The molecule has 1 heterocycles. The van der Waals surface area contributed by atoms with Gasteiger partial charge in [-0.25, -0.2) is 0 Å². The average Bonchev–Trinajstić information content (AvgIpc) is 2.91. The lowest BCUT2D eigenvalue weighted by Crippen LogP contribution is -2.11. The van der Waals surface area contributed by atoms with Gasteiger partial charge in [0.05, 0.1) is 10.6 Å². The molecule has 0 aliphatic carbocycles. The number of nitrogen functional groups attached to an aromatic ring is 1. The Balaban J connectivity index is 1.56. The molecule has 41 heavy (non-hydrogen) atoms. The molecule has 0 aliphatic rings. The molecule has 4 aromatic rings. The molecule has 0 aliphatic heterocycles. The molecular formula is C26H28N6O6S3. The molecule has 0 amide bonds. The first-order chi connectivity index (χ1) is 19.5. The van der Waals surface area contributed by atoms with Crippen molar-refractivity contribution in [2.45, 2.75) is 29.2 Å². The summed E-state index contributed by atoms with van der Waals surface area (Å²) in [5.74, 6) is 0.826. The highest BCUT2D eigenvalue weighted by atomic mass is 32.2. The molecule has 6 N–H and O–H groups in total. The smallest absolute Gasteiger partial charge is 0.294 e. The summed E-state index contributed by atoms with van der Waals surface area (Å²) < 4.78 is 64.1. The Bertz CT molecular complexity index is 1720. The van der Waals surface area contributed by atoms with E-state index in [0.717, 1.165) is 10.5 Å². The Morgan fingerprint density at radius 2 is 1.56 bits per heavy atom. The van der Waals surface area contributed by atoms with Crippen LogP contribution in [0.25, 0.3) is 0 Å². The predicted molar refractivity (Wildman–Crippen MR) is 159 cm³/mol. The van der Waals surface area contributed by atoms with E-state index >= 15 is 0 Å². The second-order valence-corrected chi connectivity index (χ2v) is 13.0. The third kappa shape index (κ3) is 9.40. The minimum absolute atomic E-state index is 0.00839. The molecule has 15 heteroatoms. The lowest BCUT2D eigenvalue weighted by Gasteiger charge is -2.13. The number of thioether (sulfide) groups is 1. The van der Waals surface area contributed by atoms with Crippen LogP contribution in [-0.2, 0) is 33.2 Å². The lowest BCUT2D eigenvalue weighted by molar-refractivity contribution is 0.480. The first-order valence-electron chi connectivity index (χ1n) is 12.3. The fourth-order valence-electron chi connectivity index (χ4n) is 3.79. The number of anilines is 4. The van der Waals surface area contributed by atoms with Crippen molar-refractivity contribution < 1.29 is 25.9 Å². The molecule has 0 atom stereocenters. The first kappa shape index (κ1) is 30.2. The van der Waals surface area contributed by atoms with Crippen molar-refractivity contribution in [3.8, 4) is 0 Å². The summed E-state index contributed by atoms with van der Waals surface area (Å²) in [7, 11) is -8.46. The van der Waals surface area contributed by atoms with Crippen LogP contribution in [0.4, 0.5) is 23.3 Å². The number of hydrogen-bond donors (Lipinski definition) is 5. The fourth-order valence-corrected chi connectivity index (χ4v) is 6.11. The van der Waals surface area contributed by atoms with E-state index in [1.807, 2.05) is 30.3 Å². The minimum Gasteiger partial charge on any atom is -0.398 e. The number of aromatic nitrogens is 3. The van der Waals surface area contributed by atoms with Crippen LogP contribution in [0.3, 0.4) is 0 Å². The van der Waals surface area contributed by atoms with E-state index in [1.54, 1.807) is 30.3 Å². The van der Waals surface area contributed by atoms with E-state index in [0.29, 0.717) is 29.2 Å². The highest BCUT2D eigenvalue weighted by Crippen LogP contribution is 2.29. The minimum atomic E-state index is -4.45. The van der Waals surface area contributed by atoms with Crippen molar-refractivity contribution in [1.29, 1.82) is 0 Å². The lowest BCUT2D eigenvalue weighted by atomic mass is 10.1. The summed E-state index contributed by atoms with van der Waals surface area (Å²) in [4.78, 5) is 13.9. The van der Waals surface area contributed by atoms with Gasteiger partial charge in [0, 0.05) is 29.2 Å². The number of benzene rings is 3. The highest BCUT2D eigenvalue weighted by Gasteiger charge is 2.17. The molecule has 1 aromatic heterocycles. The van der Waals surface area contributed by atoms with Crippen molar-refractivity contribution >= 4 is 55.3 Å². The molecule has 216 valence electrons. The Kier molecular flexibility index (Phi) is 9.77. The van der Waals surface area contributed by atoms with Crippen LogP contribution in [-0.4, -0.2) is 52.4 Å². The second kappa shape index (κ2) is 13.3. The Morgan fingerprint density at radius 1 is 0.854 bits per heavy atom. The summed E-state index contributed by atoms with van der Waals surface area (Å²) in [6.07, 6.45) is 0.282. The standard InChI is InChI=1S/C26H28N6O6S3/c27-21-16-20(11-12-22(21)39-13-6-14-40(33,34)35)29-26-31-24(15-19-9-4-5-10-23(19)41(36,37)38)30-25(32-26)28-17-18-7-2-1-3-8-18/h1-5,7-12,16H,6,13-15,17,27H2,(H,33,34,35)(H,36,37,38)(H2,28,29,30,31,32). The van der Waals surface area contributed by atoms with Gasteiger partial charge in [-0.3, -0.25) is 9.11 Å². The van der Waals surface area contributed by atoms with E-state index in [9.17, 15) is 21.4 Å². The zero-order chi connectivity index (χ0) is 29.5. The Labute approximate surface area is 242 Å². The molecule has 0 saturated carbocycles. The van der Waals surface area contributed by atoms with Crippen LogP contribution in [0, 0.1) is 0 Å². The molecule has 0 radical (unpaired) electrons. The van der Waals surface area contributed by atoms with Gasteiger partial charge in [-0.15, -0.1) is 11.8 Å². The van der Waals surface area contributed by atoms with Crippen molar-refractivity contribution in [2.24, 2.45) is 0 Å². The average molecular weight is 617 g/mol. The Morgan fingerprint density at radius 3 is 2.27 bits per heavy atom. The largest absolute Gasteiger partial charge is 0.398 e. The molecule has 0 saturated heterocycles. The van der Waals surface area contributed by atoms with Gasteiger partial charge in [0.2, 0.25) is 11.9 Å². The zero-order valence-corrected chi connectivity index (χ0v) is 24.1. The van der Waals surface area contributed by atoms with E-state index in [1.165, 1.54) is 23.9 Å². The maximum atomic E-state index is 11.9. The molecule has 3 aromatic carbocycles. The van der Waals surface area contributed by atoms with Crippen LogP contribution < -0.4 is 16.4 Å². The first-order valence-corrected chi connectivity index (χ1v) is 16.3. The normalized spacial score (nSPS) is 11.8. The van der Waals surface area contributed by atoms with E-state index in [-0.39, 0.29) is 41.2 Å². The van der Waals surface area contributed by atoms with E-state index in [4.69, 9.17) is 10.3 Å². The van der Waals surface area contributed by atoms with Gasteiger partial charge in [-0.05, 0) is 47.6 Å². The quantitative estimate of drug-likeness (QED) is 0.0625. The maximum absolute atomic E-state index is 11.9. The summed E-state index contributed by atoms with van der Waals surface area (Å²) in [5.41, 5.74) is 8.55. The third-order valence-electron chi connectivity index (χ3n) is 5.64. The van der Waals surface area contributed by atoms with E-state index in [2.05, 4.69) is 25.6 Å². The molecule has 0 bridgehead atoms. The van der Waals surface area contributed by atoms with Crippen molar-refractivity contribution in [3.63, 3.8) is 0 Å². The van der Waals surface area contributed by atoms with Gasteiger partial charge >= 0.3 is 0 Å². The second-order valence-electron chi connectivity index (χ2n) is 8.86. The number of nitrogens with two attached hydrogens (primary N) is 1. The van der Waals surface area contributed by atoms with Gasteiger partial charge in [0.15, 0.2) is 0 Å². The van der Waals surface area contributed by atoms with Gasteiger partial charge in [0.25, 0.3) is 20.2 Å².